The van der Waals surface area contributed by atoms with E-state index in [0.717, 1.165) is 24.4 Å². The van der Waals surface area contributed by atoms with Crippen LogP contribution in [0.2, 0.25) is 0 Å². The number of ether oxygens (including phenoxy) is 1. The summed E-state index contributed by atoms with van der Waals surface area (Å²) in [7, 11) is 0. The van der Waals surface area contributed by atoms with Gasteiger partial charge >= 0.3 is 12.0 Å². The number of nitrogens with one attached hydrogen (secondary N) is 1. The van der Waals surface area contributed by atoms with Gasteiger partial charge in [-0.25, -0.2) is 8.78 Å². The van der Waals surface area contributed by atoms with Crippen LogP contribution in [0, 0.1) is 21.7 Å². The fraction of sp³-hybridized carbons (Fsp3) is 0.0526. The molecule has 12 heteroatoms. The van der Waals surface area contributed by atoms with Gasteiger partial charge in [0.1, 0.15) is 11.6 Å². The van der Waals surface area contributed by atoms with Crippen molar-refractivity contribution in [3.05, 3.63) is 82.0 Å². The molecule has 0 bridgehead atoms. The number of amides is 1. The van der Waals surface area contributed by atoms with Crippen molar-refractivity contribution >= 4 is 17.3 Å². The van der Waals surface area contributed by atoms with E-state index < -0.39 is 40.3 Å². The molecule has 31 heavy (non-hydrogen) atoms. The van der Waals surface area contributed by atoms with Crippen molar-refractivity contribution in [1.82, 2.24) is 4.98 Å². The number of alkyl halides is 3. The predicted molar refractivity (Wildman–Crippen MR) is 97.3 cm³/mol. The Morgan fingerprint density at radius 2 is 1.71 bits per heavy atom. The van der Waals surface area contributed by atoms with E-state index in [9.17, 15) is 36.9 Å². The van der Waals surface area contributed by atoms with Gasteiger partial charge in [-0.15, -0.1) is 13.2 Å². The van der Waals surface area contributed by atoms with Crippen LogP contribution in [0.25, 0.3) is 11.3 Å². The molecule has 2 aromatic carbocycles. The number of pyridine rings is 1. The van der Waals surface area contributed by atoms with Crippen LogP contribution in [0.15, 0.2) is 54.7 Å². The van der Waals surface area contributed by atoms with Crippen LogP contribution in [0.5, 0.6) is 5.75 Å². The molecule has 0 fully saturated rings. The van der Waals surface area contributed by atoms with Gasteiger partial charge in [0.15, 0.2) is 0 Å². The van der Waals surface area contributed by atoms with Crippen LogP contribution >= 0.6 is 0 Å². The molecular formula is C19H10F5N3O4. The summed E-state index contributed by atoms with van der Waals surface area (Å²) in [6.07, 6.45) is -4.03. The SMILES string of the molecule is O=C(Nc1ccc(OC(F)(F)F)c([N+](=O)[O-])c1)c1ccc(-c2cc(F)cc(F)c2)nc1. The van der Waals surface area contributed by atoms with Crippen molar-refractivity contribution in [1.29, 1.82) is 0 Å². The number of nitrogens with zero attached hydrogens (tertiary/aromatic N) is 2. The Labute approximate surface area is 170 Å². The summed E-state index contributed by atoms with van der Waals surface area (Å²) in [5.74, 6) is -3.43. The third-order valence-corrected chi connectivity index (χ3v) is 3.82. The maximum atomic E-state index is 13.3. The summed E-state index contributed by atoms with van der Waals surface area (Å²) in [4.78, 5) is 26.2. The topological polar surface area (TPSA) is 94.4 Å². The van der Waals surface area contributed by atoms with Crippen molar-refractivity contribution in [2.24, 2.45) is 0 Å². The normalized spacial score (nSPS) is 11.1. The molecular weight excluding hydrogens is 429 g/mol. The number of nitro groups is 1. The number of hydrogen-bond acceptors (Lipinski definition) is 5. The van der Waals surface area contributed by atoms with E-state index in [4.69, 9.17) is 0 Å². The number of nitro benzene ring substituents is 1. The molecule has 0 saturated heterocycles. The lowest BCUT2D eigenvalue weighted by atomic mass is 10.1. The van der Waals surface area contributed by atoms with E-state index in [2.05, 4.69) is 15.0 Å². The number of halogens is 5. The van der Waals surface area contributed by atoms with Gasteiger partial charge in [0.25, 0.3) is 5.91 Å². The first-order valence-corrected chi connectivity index (χ1v) is 8.30. The second-order valence-corrected chi connectivity index (χ2v) is 6.03. The lowest BCUT2D eigenvalue weighted by Crippen LogP contribution is -2.18. The van der Waals surface area contributed by atoms with Crippen LogP contribution in [0.4, 0.5) is 33.3 Å². The van der Waals surface area contributed by atoms with E-state index in [0.29, 0.717) is 18.2 Å². The lowest BCUT2D eigenvalue weighted by molar-refractivity contribution is -0.388. The third-order valence-electron chi connectivity index (χ3n) is 3.82. The molecule has 1 heterocycles. The summed E-state index contributed by atoms with van der Waals surface area (Å²) < 4.78 is 67.3. The van der Waals surface area contributed by atoms with Crippen molar-refractivity contribution in [2.75, 3.05) is 5.32 Å². The van der Waals surface area contributed by atoms with Crippen LogP contribution < -0.4 is 10.1 Å². The maximum Gasteiger partial charge on any atom is 0.573 e. The minimum atomic E-state index is -5.13. The maximum absolute atomic E-state index is 13.3. The molecule has 7 nitrogen and oxygen atoms in total. The Hall–Kier alpha value is -4.09. The van der Waals surface area contributed by atoms with Crippen LogP contribution in [-0.2, 0) is 0 Å². The Morgan fingerprint density at radius 1 is 1.03 bits per heavy atom. The molecule has 3 aromatic rings. The highest BCUT2D eigenvalue weighted by Gasteiger charge is 2.34. The second kappa shape index (κ2) is 8.34. The molecule has 1 amide bonds. The number of anilines is 1. The van der Waals surface area contributed by atoms with Gasteiger partial charge in [-0.2, -0.15) is 0 Å². The van der Waals surface area contributed by atoms with Gasteiger partial charge in [0.2, 0.25) is 5.75 Å². The molecule has 160 valence electrons. The molecule has 0 unspecified atom stereocenters. The number of aromatic nitrogens is 1. The molecule has 0 spiro atoms. The van der Waals surface area contributed by atoms with Gasteiger partial charge in [-0.1, -0.05) is 0 Å². The Kier molecular flexibility index (Phi) is 5.81. The molecule has 0 radical (unpaired) electrons. The molecule has 0 aliphatic rings. The Balaban J connectivity index is 1.79. The van der Waals surface area contributed by atoms with Gasteiger partial charge in [-0.3, -0.25) is 19.9 Å². The number of rotatable bonds is 5. The fourth-order valence-electron chi connectivity index (χ4n) is 2.55. The first-order valence-electron chi connectivity index (χ1n) is 8.30. The molecule has 3 rings (SSSR count). The van der Waals surface area contributed by atoms with Crippen LogP contribution in [0.3, 0.4) is 0 Å². The summed E-state index contributed by atoms with van der Waals surface area (Å²) in [5.41, 5.74) is -0.863. The van der Waals surface area contributed by atoms with E-state index in [1.54, 1.807) is 0 Å². The zero-order chi connectivity index (χ0) is 22.8. The highest BCUT2D eigenvalue weighted by molar-refractivity contribution is 6.04. The monoisotopic (exact) mass is 439 g/mol. The number of hydrogen-bond donors (Lipinski definition) is 1. The van der Waals surface area contributed by atoms with E-state index in [-0.39, 0.29) is 22.5 Å². The van der Waals surface area contributed by atoms with E-state index in [1.807, 2.05) is 0 Å². The first kappa shape index (κ1) is 21.6. The first-order chi connectivity index (χ1) is 14.5. The molecule has 0 atom stereocenters. The summed E-state index contributed by atoms with van der Waals surface area (Å²) in [6.45, 7) is 0. The quantitative estimate of drug-likeness (QED) is 0.340. The van der Waals surface area contributed by atoms with Crippen molar-refractivity contribution < 1.29 is 36.4 Å². The number of carbonyl (C=O) groups is 1. The molecule has 1 N–H and O–H groups in total. The fourth-order valence-corrected chi connectivity index (χ4v) is 2.55. The lowest BCUT2D eigenvalue weighted by Gasteiger charge is -2.11. The van der Waals surface area contributed by atoms with Crippen molar-refractivity contribution in [3.8, 4) is 17.0 Å². The molecule has 0 saturated carbocycles. The molecule has 1 aromatic heterocycles. The zero-order valence-corrected chi connectivity index (χ0v) is 15.1. The Bertz CT molecular complexity index is 1130. The standard InChI is InChI=1S/C19H10F5N3O4/c20-12-5-11(6-13(21)7-12)15-3-1-10(9-25-15)18(28)26-14-2-4-17(31-19(22,23)24)16(8-14)27(29)30/h1-9H,(H,26,28). The number of benzene rings is 2. The van der Waals surface area contributed by atoms with Crippen molar-refractivity contribution in [3.63, 3.8) is 0 Å². The number of carbonyl (C=O) groups excluding carboxylic acids is 1. The largest absolute Gasteiger partial charge is 0.573 e. The highest BCUT2D eigenvalue weighted by Crippen LogP contribution is 2.34. The van der Waals surface area contributed by atoms with Gasteiger partial charge in [0, 0.05) is 29.6 Å². The van der Waals surface area contributed by atoms with Gasteiger partial charge in [0.05, 0.1) is 16.2 Å². The summed E-state index contributed by atoms with van der Waals surface area (Å²) >= 11 is 0. The average molecular weight is 439 g/mol. The summed E-state index contributed by atoms with van der Waals surface area (Å²) in [5, 5.41) is 13.3. The predicted octanol–water partition coefficient (Wildman–Crippen LogP) is 5.09. The average Bonchev–Trinajstić information content (AvgIpc) is 2.67. The van der Waals surface area contributed by atoms with Crippen LogP contribution in [0.1, 0.15) is 10.4 Å². The minimum Gasteiger partial charge on any atom is -0.398 e. The Morgan fingerprint density at radius 3 is 2.26 bits per heavy atom. The van der Waals surface area contributed by atoms with Crippen molar-refractivity contribution in [2.45, 2.75) is 6.36 Å². The highest BCUT2D eigenvalue weighted by atomic mass is 19.4. The molecule has 0 aliphatic heterocycles. The smallest absolute Gasteiger partial charge is 0.398 e. The van der Waals surface area contributed by atoms with E-state index >= 15 is 0 Å². The summed E-state index contributed by atoms with van der Waals surface area (Å²) in [6, 6.07) is 7.79. The zero-order valence-electron chi connectivity index (χ0n) is 15.1. The van der Waals surface area contributed by atoms with Crippen LogP contribution in [-0.4, -0.2) is 22.2 Å². The van der Waals surface area contributed by atoms with Gasteiger partial charge < -0.3 is 10.1 Å². The minimum absolute atomic E-state index is 0.0149. The second-order valence-electron chi connectivity index (χ2n) is 6.03. The van der Waals surface area contributed by atoms with E-state index in [1.165, 1.54) is 12.1 Å². The third kappa shape index (κ3) is 5.50. The molecule has 0 aliphatic carbocycles. The van der Waals surface area contributed by atoms with Gasteiger partial charge in [-0.05, 0) is 36.4 Å².